The number of nitrogens with one attached hydrogen (secondary N) is 1. The van der Waals surface area contributed by atoms with Crippen molar-refractivity contribution in [1.29, 1.82) is 0 Å². The van der Waals surface area contributed by atoms with E-state index in [2.05, 4.69) is 0 Å². The van der Waals surface area contributed by atoms with Gasteiger partial charge in [-0.15, -0.1) is 0 Å². The number of nitrogens with zero attached hydrogens (tertiary/aromatic N) is 3. The molecule has 0 saturated carbocycles. The van der Waals surface area contributed by atoms with Crippen molar-refractivity contribution < 1.29 is 46.8 Å². The number of nitro benzene ring substituents is 2. The van der Waals surface area contributed by atoms with E-state index >= 15 is 0 Å². The van der Waals surface area contributed by atoms with Gasteiger partial charge < -0.3 is 14.2 Å². The van der Waals surface area contributed by atoms with Gasteiger partial charge in [-0.05, 0) is 24.3 Å². The molecule has 2 aromatic carbocycles. The summed E-state index contributed by atoms with van der Waals surface area (Å²) in [5, 5.41) is 21.7. The van der Waals surface area contributed by atoms with Gasteiger partial charge in [0.1, 0.15) is 30.6 Å². The van der Waals surface area contributed by atoms with Crippen LogP contribution in [-0.4, -0.2) is 50.2 Å². The zero-order valence-corrected chi connectivity index (χ0v) is 20.8. The van der Waals surface area contributed by atoms with Gasteiger partial charge in [0, 0.05) is 36.9 Å². The summed E-state index contributed by atoms with van der Waals surface area (Å²) in [5.41, 5.74) is -5.48. The lowest BCUT2D eigenvalue weighted by Gasteiger charge is -2.19. The zero-order chi connectivity index (χ0) is 30.8. The summed E-state index contributed by atoms with van der Waals surface area (Å²) in [5.74, 6) is -1.99. The summed E-state index contributed by atoms with van der Waals surface area (Å²) in [6.07, 6.45) is -9.49. The van der Waals surface area contributed by atoms with Gasteiger partial charge in [0.25, 0.3) is 16.9 Å². The number of H-pyrrole nitrogens is 1. The van der Waals surface area contributed by atoms with E-state index in [9.17, 15) is 52.6 Å². The van der Waals surface area contributed by atoms with Crippen LogP contribution in [0.1, 0.15) is 38.9 Å². The monoisotopic (exact) mass is 594 g/mol. The van der Waals surface area contributed by atoms with Gasteiger partial charge in [-0.1, -0.05) is 0 Å². The molecule has 1 saturated heterocycles. The highest BCUT2D eigenvalue weighted by molar-refractivity contribution is 5.90. The number of benzene rings is 2. The Bertz CT molecular complexity index is 1650. The van der Waals surface area contributed by atoms with Crippen molar-refractivity contribution in [3.8, 4) is 0 Å². The molecule has 0 radical (unpaired) electrons. The van der Waals surface area contributed by atoms with Crippen LogP contribution in [0.2, 0.25) is 0 Å². The molecule has 0 bridgehead atoms. The van der Waals surface area contributed by atoms with Crippen LogP contribution in [0.3, 0.4) is 0 Å². The van der Waals surface area contributed by atoms with Crippen LogP contribution in [0.15, 0.2) is 64.3 Å². The van der Waals surface area contributed by atoms with Gasteiger partial charge >= 0.3 is 23.8 Å². The number of esters is 2. The zero-order valence-electron chi connectivity index (χ0n) is 20.8. The fourth-order valence-corrected chi connectivity index (χ4v) is 3.93. The van der Waals surface area contributed by atoms with E-state index in [1.54, 1.807) is 4.98 Å². The Morgan fingerprint density at radius 2 is 1.48 bits per heavy atom. The predicted octanol–water partition coefficient (Wildman–Crippen LogP) is 2.74. The van der Waals surface area contributed by atoms with Crippen LogP contribution in [-0.2, 0) is 20.4 Å². The molecule has 1 aliphatic rings. The van der Waals surface area contributed by atoms with E-state index in [4.69, 9.17) is 14.2 Å². The maximum absolute atomic E-state index is 13.3. The molecule has 0 amide bonds. The van der Waals surface area contributed by atoms with Gasteiger partial charge in [-0.25, -0.2) is 14.4 Å². The first-order valence-electron chi connectivity index (χ1n) is 11.7. The Morgan fingerprint density at radius 3 is 1.98 bits per heavy atom. The Kier molecular flexibility index (Phi) is 8.18. The van der Waals surface area contributed by atoms with Crippen LogP contribution in [0.4, 0.5) is 24.5 Å². The van der Waals surface area contributed by atoms with E-state index in [1.165, 1.54) is 0 Å². The maximum atomic E-state index is 13.3. The predicted molar refractivity (Wildman–Crippen MR) is 131 cm³/mol. The van der Waals surface area contributed by atoms with Gasteiger partial charge in [-0.3, -0.25) is 34.6 Å². The smallest absolute Gasteiger partial charge is 0.423 e. The van der Waals surface area contributed by atoms with Crippen molar-refractivity contribution >= 4 is 23.3 Å². The average Bonchev–Trinajstić information content (AvgIpc) is 3.32. The number of aromatic nitrogens is 2. The number of ether oxygens (including phenoxy) is 3. The Morgan fingerprint density at radius 1 is 0.952 bits per heavy atom. The van der Waals surface area contributed by atoms with Gasteiger partial charge in [0.05, 0.1) is 21.0 Å². The topological polar surface area (TPSA) is 203 Å². The lowest BCUT2D eigenvalue weighted by atomic mass is 10.1. The van der Waals surface area contributed by atoms with Crippen LogP contribution in [0.5, 0.6) is 0 Å². The molecule has 18 heteroatoms. The summed E-state index contributed by atoms with van der Waals surface area (Å²) in [6.45, 7) is -0.644. The number of nitro groups is 2. The van der Waals surface area contributed by atoms with Gasteiger partial charge in [0.15, 0.2) is 0 Å². The summed E-state index contributed by atoms with van der Waals surface area (Å²) in [4.78, 5) is 71.1. The number of halogens is 3. The summed E-state index contributed by atoms with van der Waals surface area (Å²) in [6, 6.07) is 8.59. The summed E-state index contributed by atoms with van der Waals surface area (Å²) >= 11 is 0. The molecular weight excluding hydrogens is 577 g/mol. The van der Waals surface area contributed by atoms with Crippen molar-refractivity contribution in [2.24, 2.45) is 0 Å². The molecule has 3 atom stereocenters. The van der Waals surface area contributed by atoms with Crippen LogP contribution < -0.4 is 11.2 Å². The van der Waals surface area contributed by atoms with E-state index in [0.717, 1.165) is 48.5 Å². The Labute approximate surface area is 230 Å². The number of aromatic amines is 1. The molecule has 1 N–H and O–H groups in total. The number of alkyl halides is 3. The molecule has 0 spiro atoms. The molecule has 4 rings (SSSR count). The van der Waals surface area contributed by atoms with Crippen molar-refractivity contribution in [1.82, 2.24) is 9.55 Å². The number of rotatable bonds is 8. The van der Waals surface area contributed by atoms with Gasteiger partial charge in [-0.2, -0.15) is 13.2 Å². The number of carbonyl (C=O) groups excluding carboxylic acids is 2. The molecule has 1 aromatic heterocycles. The first-order chi connectivity index (χ1) is 19.7. The molecule has 15 nitrogen and oxygen atoms in total. The first kappa shape index (κ1) is 29.6. The maximum Gasteiger partial charge on any atom is 0.423 e. The summed E-state index contributed by atoms with van der Waals surface area (Å²) < 4.78 is 56.5. The standard InChI is InChI=1S/C24H17F3N4O11/c25-24(26,27)16-10-29(23(35)28-20(16)32)19-9-17(42-22(34)13-3-7-15(8-4-13)31(38)39)18(41-19)11-40-21(33)12-1-5-14(6-2-12)30(36)37/h1-8,10,17-19H,9,11H2,(H,28,32,35)/t17-,18+,19+/m0/s1. The van der Waals surface area contributed by atoms with Crippen molar-refractivity contribution in [3.05, 3.63) is 112 Å². The Hall–Kier alpha value is -5.39. The van der Waals surface area contributed by atoms with Crippen LogP contribution >= 0.6 is 0 Å². The fraction of sp³-hybridized carbons (Fsp3) is 0.250. The minimum atomic E-state index is -5.12. The molecule has 3 aromatic rings. The fourth-order valence-electron chi connectivity index (χ4n) is 3.93. The third kappa shape index (κ3) is 6.49. The molecule has 220 valence electrons. The average molecular weight is 594 g/mol. The van der Waals surface area contributed by atoms with Gasteiger partial charge in [0.2, 0.25) is 0 Å². The lowest BCUT2D eigenvalue weighted by molar-refractivity contribution is -0.385. The third-order valence-corrected chi connectivity index (χ3v) is 6.03. The molecule has 1 fully saturated rings. The number of hydrogen-bond acceptors (Lipinski definition) is 11. The molecule has 0 aliphatic carbocycles. The quantitative estimate of drug-likeness (QED) is 0.228. The normalized spacial score (nSPS) is 18.3. The van der Waals surface area contributed by atoms with Crippen molar-refractivity contribution in [2.45, 2.75) is 31.0 Å². The van der Waals surface area contributed by atoms with Crippen LogP contribution in [0, 0.1) is 20.2 Å². The van der Waals surface area contributed by atoms with Crippen molar-refractivity contribution in [2.75, 3.05) is 6.61 Å². The second-order valence-corrected chi connectivity index (χ2v) is 8.72. The number of carbonyl (C=O) groups is 2. The molecule has 42 heavy (non-hydrogen) atoms. The highest BCUT2D eigenvalue weighted by atomic mass is 19.4. The number of non-ortho nitro benzene ring substituents is 2. The molecule has 1 aliphatic heterocycles. The first-order valence-corrected chi connectivity index (χ1v) is 11.7. The van der Waals surface area contributed by atoms with E-state index in [1.807, 2.05) is 0 Å². The highest BCUT2D eigenvalue weighted by Crippen LogP contribution is 2.33. The third-order valence-electron chi connectivity index (χ3n) is 6.03. The largest absolute Gasteiger partial charge is 0.459 e. The second kappa shape index (κ2) is 11.6. The molecular formula is C24H17F3N4O11. The lowest BCUT2D eigenvalue weighted by Crippen LogP contribution is -2.36. The van der Waals surface area contributed by atoms with E-state index in [-0.39, 0.29) is 28.7 Å². The molecule has 2 heterocycles. The summed E-state index contributed by atoms with van der Waals surface area (Å²) in [7, 11) is 0. The SMILES string of the molecule is O=C(OC[C@H]1O[C@@H](n2cc(C(F)(F)F)c(=O)[nH]c2=O)C[C@@H]1OC(=O)c1ccc([N+](=O)[O-])cc1)c1ccc([N+](=O)[O-])cc1. The van der Waals surface area contributed by atoms with Crippen LogP contribution in [0.25, 0.3) is 0 Å². The minimum Gasteiger partial charge on any atom is -0.459 e. The van der Waals surface area contributed by atoms with Crippen molar-refractivity contribution in [3.63, 3.8) is 0 Å². The van der Waals surface area contributed by atoms with E-state index < -0.39 is 76.2 Å². The second-order valence-electron chi connectivity index (χ2n) is 8.72. The number of hydrogen-bond donors (Lipinski definition) is 1. The molecule has 0 unspecified atom stereocenters. The minimum absolute atomic E-state index is 0.0961. The Balaban J connectivity index is 1.57. The highest BCUT2D eigenvalue weighted by Gasteiger charge is 2.42. The van der Waals surface area contributed by atoms with E-state index in [0.29, 0.717) is 4.57 Å².